The van der Waals surface area contributed by atoms with Crippen molar-refractivity contribution in [3.63, 3.8) is 0 Å². The molecule has 1 aromatic carbocycles. The Balaban J connectivity index is 2.69. The Labute approximate surface area is 114 Å². The highest BCUT2D eigenvalue weighted by Gasteiger charge is 2.08. The predicted octanol–water partition coefficient (Wildman–Crippen LogP) is 1.94. The van der Waals surface area contributed by atoms with Crippen molar-refractivity contribution in [3.8, 4) is 0 Å². The van der Waals surface area contributed by atoms with Crippen molar-refractivity contribution >= 4 is 11.8 Å². The van der Waals surface area contributed by atoms with Gasteiger partial charge in [-0.05, 0) is 18.6 Å². The van der Waals surface area contributed by atoms with Gasteiger partial charge in [-0.2, -0.15) is 0 Å². The summed E-state index contributed by atoms with van der Waals surface area (Å²) in [6.07, 6.45) is -0.651. The van der Waals surface area contributed by atoms with Crippen molar-refractivity contribution < 1.29 is 10.2 Å². The Morgan fingerprint density at radius 1 is 1.33 bits per heavy atom. The van der Waals surface area contributed by atoms with Gasteiger partial charge in [0.05, 0.1) is 12.7 Å². The fourth-order valence-corrected chi connectivity index (χ4v) is 2.50. The second kappa shape index (κ2) is 7.79. The van der Waals surface area contributed by atoms with Gasteiger partial charge in [-0.3, -0.25) is 0 Å². The van der Waals surface area contributed by atoms with Crippen molar-refractivity contribution in [1.29, 1.82) is 0 Å². The molecule has 1 unspecified atom stereocenters. The highest BCUT2D eigenvalue weighted by molar-refractivity contribution is 7.99. The average molecular weight is 269 g/mol. The summed E-state index contributed by atoms with van der Waals surface area (Å²) in [5, 5.41) is 21.6. The quantitative estimate of drug-likeness (QED) is 0.662. The molecule has 0 aliphatic heterocycles. The largest absolute Gasteiger partial charge is 0.394 e. The van der Waals surface area contributed by atoms with Crippen molar-refractivity contribution in [2.24, 2.45) is 0 Å². The van der Waals surface area contributed by atoms with Crippen LogP contribution >= 0.6 is 11.8 Å². The number of nitrogens with one attached hydrogen (secondary N) is 1. The van der Waals surface area contributed by atoms with E-state index in [-0.39, 0.29) is 6.61 Å². The van der Waals surface area contributed by atoms with Crippen molar-refractivity contribution in [1.82, 2.24) is 5.32 Å². The molecule has 0 fully saturated rings. The second-order valence-corrected chi connectivity index (χ2v) is 5.86. The fourth-order valence-electron chi connectivity index (χ4n) is 1.54. The van der Waals surface area contributed by atoms with E-state index >= 15 is 0 Å². The first-order valence-electron chi connectivity index (χ1n) is 6.27. The third-order valence-electron chi connectivity index (χ3n) is 2.56. The minimum absolute atomic E-state index is 0.182. The van der Waals surface area contributed by atoms with Crippen molar-refractivity contribution in [3.05, 3.63) is 29.3 Å². The van der Waals surface area contributed by atoms with Crippen LogP contribution in [0.15, 0.2) is 23.1 Å². The highest BCUT2D eigenvalue weighted by Crippen LogP contribution is 2.24. The number of aryl methyl sites for hydroxylation is 1. The van der Waals surface area contributed by atoms with E-state index < -0.39 is 6.10 Å². The molecule has 0 heterocycles. The molecule has 0 aromatic heterocycles. The summed E-state index contributed by atoms with van der Waals surface area (Å²) >= 11 is 1.59. The summed E-state index contributed by atoms with van der Waals surface area (Å²) in [6.45, 7) is 6.97. The maximum absolute atomic E-state index is 9.40. The first-order valence-corrected chi connectivity index (χ1v) is 7.26. The zero-order valence-electron chi connectivity index (χ0n) is 11.3. The third kappa shape index (κ3) is 5.40. The van der Waals surface area contributed by atoms with Gasteiger partial charge in [-0.25, -0.2) is 0 Å². The fraction of sp³-hybridized carbons (Fsp3) is 0.571. The molecular weight excluding hydrogens is 246 g/mol. The molecule has 0 radical (unpaired) electrons. The monoisotopic (exact) mass is 269 g/mol. The number of hydrogen-bond donors (Lipinski definition) is 3. The molecule has 1 rings (SSSR count). The molecule has 1 aromatic rings. The minimum Gasteiger partial charge on any atom is -0.394 e. The van der Waals surface area contributed by atoms with Crippen LogP contribution in [0, 0.1) is 6.92 Å². The van der Waals surface area contributed by atoms with E-state index in [0.717, 1.165) is 6.54 Å². The predicted molar refractivity (Wildman–Crippen MR) is 77.0 cm³/mol. The Kier molecular flexibility index (Phi) is 6.71. The van der Waals surface area contributed by atoms with Crippen molar-refractivity contribution in [2.45, 2.75) is 44.4 Å². The van der Waals surface area contributed by atoms with E-state index in [2.05, 4.69) is 44.3 Å². The molecule has 0 aliphatic carbocycles. The lowest BCUT2D eigenvalue weighted by Crippen LogP contribution is -2.22. The second-order valence-electron chi connectivity index (χ2n) is 4.79. The Morgan fingerprint density at radius 3 is 2.67 bits per heavy atom. The summed E-state index contributed by atoms with van der Waals surface area (Å²) in [5.74, 6) is 0.522. The van der Waals surface area contributed by atoms with E-state index in [0.29, 0.717) is 11.8 Å². The number of rotatable bonds is 7. The molecule has 0 amide bonds. The zero-order valence-corrected chi connectivity index (χ0v) is 12.1. The lowest BCUT2D eigenvalue weighted by Gasteiger charge is -2.14. The van der Waals surface area contributed by atoms with Gasteiger partial charge in [0.1, 0.15) is 0 Å². The summed E-state index contributed by atoms with van der Waals surface area (Å²) in [6, 6.07) is 6.78. The minimum atomic E-state index is -0.651. The van der Waals surface area contributed by atoms with Crippen LogP contribution in [0.25, 0.3) is 0 Å². The molecule has 0 bridgehead atoms. The average Bonchev–Trinajstić information content (AvgIpc) is 2.34. The standard InChI is InChI=1S/C14H23NO2S/c1-10(2)15-7-12-6-11(3)4-5-14(12)18-9-13(17)8-16/h4-6,10,13,15-17H,7-9H2,1-3H3. The molecule has 3 nitrogen and oxygen atoms in total. The number of thioether (sulfide) groups is 1. The molecule has 0 spiro atoms. The van der Waals surface area contributed by atoms with Crippen molar-refractivity contribution in [2.75, 3.05) is 12.4 Å². The van der Waals surface area contributed by atoms with E-state index in [9.17, 15) is 5.11 Å². The summed E-state index contributed by atoms with van der Waals surface area (Å²) < 4.78 is 0. The Morgan fingerprint density at radius 2 is 2.06 bits per heavy atom. The molecule has 1 atom stereocenters. The normalized spacial score (nSPS) is 13.0. The zero-order chi connectivity index (χ0) is 13.5. The maximum atomic E-state index is 9.40. The molecule has 3 N–H and O–H groups in total. The van der Waals surface area contributed by atoms with Gasteiger partial charge in [0, 0.05) is 23.2 Å². The molecule has 102 valence electrons. The first kappa shape index (κ1) is 15.5. The van der Waals surface area contributed by atoms with Crippen LogP contribution in [0.3, 0.4) is 0 Å². The highest BCUT2D eigenvalue weighted by atomic mass is 32.2. The summed E-state index contributed by atoms with van der Waals surface area (Å²) in [4.78, 5) is 1.17. The number of hydrogen-bond acceptors (Lipinski definition) is 4. The van der Waals surface area contributed by atoms with Crippen LogP contribution in [0.5, 0.6) is 0 Å². The van der Waals surface area contributed by atoms with Crippen LogP contribution in [0.1, 0.15) is 25.0 Å². The van der Waals surface area contributed by atoms with Crippen LogP contribution in [0.4, 0.5) is 0 Å². The van der Waals surface area contributed by atoms with Gasteiger partial charge < -0.3 is 15.5 Å². The van der Waals surface area contributed by atoms with Gasteiger partial charge in [0.2, 0.25) is 0 Å². The van der Waals surface area contributed by atoms with E-state index in [1.165, 1.54) is 16.0 Å². The molecule has 0 aliphatic rings. The third-order valence-corrected chi connectivity index (χ3v) is 3.82. The number of aliphatic hydroxyl groups is 2. The van der Waals surface area contributed by atoms with Gasteiger partial charge in [-0.15, -0.1) is 11.8 Å². The molecule has 18 heavy (non-hydrogen) atoms. The van der Waals surface area contributed by atoms with Crippen LogP contribution in [0.2, 0.25) is 0 Å². The Hall–Kier alpha value is -0.550. The summed E-state index contributed by atoms with van der Waals surface area (Å²) in [7, 11) is 0. The van der Waals surface area contributed by atoms with Gasteiger partial charge in [-0.1, -0.05) is 31.5 Å². The SMILES string of the molecule is Cc1ccc(SCC(O)CO)c(CNC(C)C)c1. The number of benzene rings is 1. The lowest BCUT2D eigenvalue weighted by molar-refractivity contribution is 0.113. The van der Waals surface area contributed by atoms with Crippen LogP contribution in [-0.2, 0) is 6.54 Å². The first-order chi connectivity index (χ1) is 8.52. The summed E-state index contributed by atoms with van der Waals surface area (Å²) in [5.41, 5.74) is 2.49. The maximum Gasteiger partial charge on any atom is 0.0864 e. The van der Waals surface area contributed by atoms with Gasteiger partial charge >= 0.3 is 0 Å². The van der Waals surface area contributed by atoms with Crippen LogP contribution in [-0.4, -0.2) is 34.7 Å². The van der Waals surface area contributed by atoms with E-state index in [1.54, 1.807) is 11.8 Å². The lowest BCUT2D eigenvalue weighted by atomic mass is 10.1. The van der Waals surface area contributed by atoms with E-state index in [4.69, 9.17) is 5.11 Å². The Bertz CT molecular complexity index is 369. The number of aliphatic hydroxyl groups excluding tert-OH is 2. The molecule has 0 saturated carbocycles. The topological polar surface area (TPSA) is 52.5 Å². The van der Waals surface area contributed by atoms with Gasteiger partial charge in [0.15, 0.2) is 0 Å². The van der Waals surface area contributed by atoms with E-state index in [1.807, 2.05) is 0 Å². The molecular formula is C14H23NO2S. The smallest absolute Gasteiger partial charge is 0.0864 e. The molecule has 0 saturated heterocycles. The molecule has 4 heteroatoms. The van der Waals surface area contributed by atoms with Gasteiger partial charge in [0.25, 0.3) is 0 Å². The van der Waals surface area contributed by atoms with Crippen LogP contribution < -0.4 is 5.32 Å².